The minimum absolute atomic E-state index is 0.112. The summed E-state index contributed by atoms with van der Waals surface area (Å²) in [6, 6.07) is 9.45. The summed E-state index contributed by atoms with van der Waals surface area (Å²) in [5.41, 5.74) is 2.08. The van der Waals surface area contributed by atoms with E-state index in [0.29, 0.717) is 33.2 Å². The second kappa shape index (κ2) is 9.90. The molecule has 0 radical (unpaired) electrons. The van der Waals surface area contributed by atoms with Crippen molar-refractivity contribution in [3.8, 4) is 22.9 Å². The number of aromatic nitrogens is 5. The topological polar surface area (TPSA) is 89.3 Å². The minimum atomic E-state index is -4.92. The number of hydrogen-bond donors (Lipinski definition) is 0. The van der Waals surface area contributed by atoms with Crippen LogP contribution in [0.3, 0.4) is 0 Å². The van der Waals surface area contributed by atoms with Gasteiger partial charge in [0.15, 0.2) is 0 Å². The average Bonchev–Trinajstić information content (AvgIpc) is 3.37. The van der Waals surface area contributed by atoms with Crippen LogP contribution < -0.4 is 9.75 Å². The number of benzene rings is 2. The SMILES string of the molecule is O=C(N1CCN(n2cnc3cnc4cc(F)c(-c5ccc(Oc6ncccn6)cc5Cl)cc4c32)CC1)C(F)(F)F. The molecule has 1 aliphatic heterocycles. The van der Waals surface area contributed by atoms with E-state index in [0.717, 1.165) is 4.90 Å². The summed E-state index contributed by atoms with van der Waals surface area (Å²) >= 11 is 6.53. The number of alkyl halides is 3. The van der Waals surface area contributed by atoms with E-state index < -0.39 is 17.9 Å². The maximum absolute atomic E-state index is 15.3. The molecule has 4 heterocycles. The highest BCUT2D eigenvalue weighted by molar-refractivity contribution is 6.33. The van der Waals surface area contributed by atoms with Crippen molar-refractivity contribution >= 4 is 39.4 Å². The minimum Gasteiger partial charge on any atom is -0.424 e. The van der Waals surface area contributed by atoms with Gasteiger partial charge in [0, 0.05) is 54.1 Å². The zero-order valence-corrected chi connectivity index (χ0v) is 21.2. The van der Waals surface area contributed by atoms with Crippen molar-refractivity contribution in [2.75, 3.05) is 31.2 Å². The molecule has 0 N–H and O–H groups in total. The number of pyridine rings is 1. The van der Waals surface area contributed by atoms with Crippen LogP contribution in [0.5, 0.6) is 11.8 Å². The first-order valence-electron chi connectivity index (χ1n) is 12.0. The first-order chi connectivity index (χ1) is 19.2. The molecule has 0 spiro atoms. The van der Waals surface area contributed by atoms with E-state index in [1.807, 2.05) is 0 Å². The molecule has 1 aliphatic rings. The highest BCUT2D eigenvalue weighted by Gasteiger charge is 2.43. The van der Waals surface area contributed by atoms with Gasteiger partial charge in [-0.05, 0) is 24.3 Å². The van der Waals surface area contributed by atoms with Crippen LogP contribution in [0.2, 0.25) is 5.02 Å². The van der Waals surface area contributed by atoms with Crippen molar-refractivity contribution < 1.29 is 27.1 Å². The summed E-state index contributed by atoms with van der Waals surface area (Å²) in [5, 5.41) is 2.57. The van der Waals surface area contributed by atoms with Gasteiger partial charge in [-0.25, -0.2) is 24.0 Å². The van der Waals surface area contributed by atoms with Crippen LogP contribution >= 0.6 is 11.6 Å². The van der Waals surface area contributed by atoms with Crippen molar-refractivity contribution in [3.05, 3.63) is 72.2 Å². The maximum atomic E-state index is 15.3. The number of rotatable bonds is 4. The molecule has 2 aromatic carbocycles. The lowest BCUT2D eigenvalue weighted by Gasteiger charge is -2.36. The number of amides is 1. The predicted octanol–water partition coefficient (Wildman–Crippen LogP) is 4.97. The monoisotopic (exact) mass is 571 g/mol. The number of fused-ring (bicyclic) bond motifs is 3. The number of carbonyl (C=O) groups excluding carboxylic acids is 1. The smallest absolute Gasteiger partial charge is 0.424 e. The molecule has 5 aromatic rings. The Kier molecular flexibility index (Phi) is 6.37. The molecular formula is C26H18ClF4N7O2. The number of piperazine rings is 1. The lowest BCUT2D eigenvalue weighted by molar-refractivity contribution is -0.185. The molecule has 14 heteroatoms. The number of carbonyl (C=O) groups is 1. The van der Waals surface area contributed by atoms with Gasteiger partial charge in [0.1, 0.15) is 28.9 Å². The van der Waals surface area contributed by atoms with Gasteiger partial charge in [-0.3, -0.25) is 9.78 Å². The van der Waals surface area contributed by atoms with Crippen LogP contribution in [0, 0.1) is 5.82 Å². The largest absolute Gasteiger partial charge is 0.471 e. The van der Waals surface area contributed by atoms with E-state index >= 15 is 4.39 Å². The van der Waals surface area contributed by atoms with Gasteiger partial charge in [-0.2, -0.15) is 13.2 Å². The summed E-state index contributed by atoms with van der Waals surface area (Å²) in [4.78, 5) is 29.1. The Balaban J connectivity index is 1.35. The Morgan fingerprint density at radius 2 is 1.68 bits per heavy atom. The molecule has 0 unspecified atom stereocenters. The third-order valence-corrected chi connectivity index (χ3v) is 6.83. The Labute approximate surface area is 228 Å². The number of halogens is 5. The molecule has 0 saturated carbocycles. The first-order valence-corrected chi connectivity index (χ1v) is 12.4. The fourth-order valence-corrected chi connectivity index (χ4v) is 4.91. The normalized spacial score (nSPS) is 14.2. The van der Waals surface area contributed by atoms with Crippen LogP contribution in [0.15, 0.2) is 61.3 Å². The predicted molar refractivity (Wildman–Crippen MR) is 138 cm³/mol. The maximum Gasteiger partial charge on any atom is 0.471 e. The summed E-state index contributed by atoms with van der Waals surface area (Å²) in [6.07, 6.45) is 1.17. The Morgan fingerprint density at radius 3 is 2.38 bits per heavy atom. The van der Waals surface area contributed by atoms with Crippen LogP contribution in [0.25, 0.3) is 33.1 Å². The van der Waals surface area contributed by atoms with Crippen molar-refractivity contribution in [1.29, 1.82) is 0 Å². The third-order valence-electron chi connectivity index (χ3n) is 6.52. The van der Waals surface area contributed by atoms with Gasteiger partial charge >= 0.3 is 18.1 Å². The van der Waals surface area contributed by atoms with Gasteiger partial charge in [-0.15, -0.1) is 0 Å². The van der Waals surface area contributed by atoms with Crippen LogP contribution in [0.1, 0.15) is 0 Å². The molecule has 0 aliphatic carbocycles. The van der Waals surface area contributed by atoms with Crippen molar-refractivity contribution in [1.82, 2.24) is 29.5 Å². The number of imidazole rings is 1. The molecule has 204 valence electrons. The lowest BCUT2D eigenvalue weighted by Crippen LogP contribution is -2.55. The van der Waals surface area contributed by atoms with E-state index in [1.165, 1.54) is 37.1 Å². The second-order valence-electron chi connectivity index (χ2n) is 8.95. The number of nitrogens with zero attached hydrogens (tertiary/aromatic N) is 7. The summed E-state index contributed by atoms with van der Waals surface area (Å²) < 4.78 is 61.2. The molecule has 6 rings (SSSR count). The summed E-state index contributed by atoms with van der Waals surface area (Å²) in [5.74, 6) is -2.04. The van der Waals surface area contributed by atoms with Crippen molar-refractivity contribution in [2.45, 2.75) is 6.18 Å². The zero-order valence-electron chi connectivity index (χ0n) is 20.4. The van der Waals surface area contributed by atoms with Crippen molar-refractivity contribution in [3.63, 3.8) is 0 Å². The molecule has 0 atom stereocenters. The van der Waals surface area contributed by atoms with Gasteiger partial charge in [-0.1, -0.05) is 11.6 Å². The molecule has 1 saturated heterocycles. The fraction of sp³-hybridized carbons (Fsp3) is 0.192. The Morgan fingerprint density at radius 1 is 0.925 bits per heavy atom. The van der Waals surface area contributed by atoms with E-state index in [9.17, 15) is 18.0 Å². The van der Waals surface area contributed by atoms with Crippen molar-refractivity contribution in [2.24, 2.45) is 0 Å². The van der Waals surface area contributed by atoms with E-state index in [-0.39, 0.29) is 42.8 Å². The molecule has 9 nitrogen and oxygen atoms in total. The van der Waals surface area contributed by atoms with Crippen LogP contribution in [0.4, 0.5) is 17.6 Å². The second-order valence-corrected chi connectivity index (χ2v) is 9.36. The number of ether oxygens (including phenoxy) is 1. The highest BCUT2D eigenvalue weighted by Crippen LogP contribution is 2.37. The Hall–Kier alpha value is -4.52. The quantitative estimate of drug-likeness (QED) is 0.281. The van der Waals surface area contributed by atoms with Gasteiger partial charge in [0.2, 0.25) is 0 Å². The highest BCUT2D eigenvalue weighted by atomic mass is 35.5. The molecular weight excluding hydrogens is 554 g/mol. The fourth-order valence-electron chi connectivity index (χ4n) is 4.63. The van der Waals surface area contributed by atoms with Gasteiger partial charge in [0.25, 0.3) is 0 Å². The van der Waals surface area contributed by atoms with E-state index in [4.69, 9.17) is 16.3 Å². The zero-order chi connectivity index (χ0) is 28.0. The average molecular weight is 572 g/mol. The Bertz CT molecular complexity index is 1740. The first kappa shape index (κ1) is 25.7. The third kappa shape index (κ3) is 4.72. The summed E-state index contributed by atoms with van der Waals surface area (Å²) in [7, 11) is 0. The summed E-state index contributed by atoms with van der Waals surface area (Å²) in [6.45, 7) is 0.0606. The van der Waals surface area contributed by atoms with E-state index in [2.05, 4.69) is 19.9 Å². The van der Waals surface area contributed by atoms with Gasteiger partial charge < -0.3 is 14.6 Å². The van der Waals surface area contributed by atoms with E-state index in [1.54, 1.807) is 34.0 Å². The molecule has 0 bridgehead atoms. The van der Waals surface area contributed by atoms with Gasteiger partial charge in [0.05, 0.1) is 29.8 Å². The molecule has 1 fully saturated rings. The molecule has 3 aromatic heterocycles. The molecule has 1 amide bonds. The lowest BCUT2D eigenvalue weighted by atomic mass is 10.0. The standard InChI is InChI=1S/C26H18ClF4N7O2/c27-19-10-15(40-25-32-4-1-5-33-25)2-3-16(19)17-11-18-21(12-20(17)28)34-13-22-23(18)38(14-35-22)37-8-6-36(7-9-37)24(39)26(29,30)31/h1-5,10-14H,6-9H2. The van der Waals surface area contributed by atoms with Crippen LogP contribution in [-0.2, 0) is 4.79 Å². The number of hydrogen-bond acceptors (Lipinski definition) is 7. The molecule has 40 heavy (non-hydrogen) atoms. The van der Waals surface area contributed by atoms with Crippen LogP contribution in [-0.4, -0.2) is 67.8 Å².